The predicted molar refractivity (Wildman–Crippen MR) is 85.9 cm³/mol. The van der Waals surface area contributed by atoms with E-state index in [2.05, 4.69) is 6.92 Å². The van der Waals surface area contributed by atoms with Gasteiger partial charge in [-0.25, -0.2) is 0 Å². The van der Waals surface area contributed by atoms with Gasteiger partial charge in [0, 0.05) is 18.8 Å². The summed E-state index contributed by atoms with van der Waals surface area (Å²) in [5.41, 5.74) is 0. The molecule has 0 aliphatic carbocycles. The van der Waals surface area contributed by atoms with Gasteiger partial charge in [0.15, 0.2) is 0 Å². The molecule has 0 aromatic carbocycles. The molecule has 0 N–H and O–H groups in total. The molecule has 120 valence electrons. The van der Waals surface area contributed by atoms with E-state index in [1.807, 2.05) is 27.7 Å². The van der Waals surface area contributed by atoms with E-state index in [9.17, 15) is 14.4 Å². The second kappa shape index (κ2) is 16.1. The minimum Gasteiger partial charge on any atom is -0.300 e. The van der Waals surface area contributed by atoms with E-state index >= 15 is 0 Å². The highest BCUT2D eigenvalue weighted by Gasteiger charge is 1.95. The molecule has 0 bridgehead atoms. The van der Waals surface area contributed by atoms with E-state index in [0.717, 1.165) is 25.7 Å². The number of unbranched alkanes of at least 4 members (excludes halogenated alkanes) is 1. The first-order valence-electron chi connectivity index (χ1n) is 7.53. The minimum absolute atomic E-state index is 0.213. The first-order chi connectivity index (χ1) is 9.04. The molecule has 0 heterocycles. The van der Waals surface area contributed by atoms with Crippen molar-refractivity contribution in [3.63, 3.8) is 0 Å². The number of rotatable bonds is 6. The predicted octanol–water partition coefficient (Wildman–Crippen LogP) is 4.62. The first kappa shape index (κ1) is 24.1. The summed E-state index contributed by atoms with van der Waals surface area (Å²) < 4.78 is 0. The topological polar surface area (TPSA) is 51.2 Å². The van der Waals surface area contributed by atoms with Crippen molar-refractivity contribution in [2.24, 2.45) is 11.8 Å². The molecule has 0 aromatic rings. The maximum atomic E-state index is 10.3. The lowest BCUT2D eigenvalue weighted by Gasteiger charge is -1.95. The summed E-state index contributed by atoms with van der Waals surface area (Å²) in [4.78, 5) is 30.6. The number of carbonyl (C=O) groups is 3. The molecular weight excluding hydrogens is 252 g/mol. The Bertz CT molecular complexity index is 265. The summed E-state index contributed by atoms with van der Waals surface area (Å²) in [6.07, 6.45) is 3.66. The van der Waals surface area contributed by atoms with Crippen LogP contribution in [0.5, 0.6) is 0 Å². The monoisotopic (exact) mass is 286 g/mol. The Kier molecular flexibility index (Phi) is 19.3. The third kappa shape index (κ3) is 36.0. The summed E-state index contributed by atoms with van der Waals surface area (Å²) in [6, 6.07) is 0. The normalized spacial score (nSPS) is 9.30. The third-order valence-corrected chi connectivity index (χ3v) is 2.39. The number of ketones is 3. The molecule has 0 spiro atoms. The Morgan fingerprint density at radius 2 is 1.25 bits per heavy atom. The van der Waals surface area contributed by atoms with Gasteiger partial charge in [-0.2, -0.15) is 0 Å². The van der Waals surface area contributed by atoms with Gasteiger partial charge in [0.2, 0.25) is 0 Å². The van der Waals surface area contributed by atoms with Gasteiger partial charge in [0.25, 0.3) is 0 Å². The minimum atomic E-state index is 0.213. The Hall–Kier alpha value is -0.990. The van der Waals surface area contributed by atoms with E-state index in [1.165, 1.54) is 0 Å². The van der Waals surface area contributed by atoms with Gasteiger partial charge in [0.05, 0.1) is 0 Å². The quantitative estimate of drug-likeness (QED) is 0.716. The number of hydrogen-bond acceptors (Lipinski definition) is 3. The van der Waals surface area contributed by atoms with Crippen LogP contribution in [0.25, 0.3) is 0 Å². The van der Waals surface area contributed by atoms with Crippen molar-refractivity contribution in [1.82, 2.24) is 0 Å². The highest BCUT2D eigenvalue weighted by Crippen LogP contribution is 1.97. The fourth-order valence-corrected chi connectivity index (χ4v) is 1.00. The van der Waals surface area contributed by atoms with Crippen molar-refractivity contribution in [3.8, 4) is 0 Å². The smallest absolute Gasteiger partial charge is 0.132 e. The highest BCUT2D eigenvalue weighted by atomic mass is 16.1. The molecule has 20 heavy (non-hydrogen) atoms. The van der Waals surface area contributed by atoms with Crippen LogP contribution in [-0.4, -0.2) is 17.3 Å². The van der Waals surface area contributed by atoms with Gasteiger partial charge in [-0.3, -0.25) is 4.79 Å². The molecule has 0 aliphatic heterocycles. The molecule has 3 nitrogen and oxygen atoms in total. The van der Waals surface area contributed by atoms with Gasteiger partial charge in [0.1, 0.15) is 17.3 Å². The fraction of sp³-hybridized carbons (Fsp3) is 0.824. The van der Waals surface area contributed by atoms with Crippen LogP contribution >= 0.6 is 0 Å². The Labute approximate surface area is 125 Å². The van der Waals surface area contributed by atoms with Crippen LogP contribution in [0.15, 0.2) is 0 Å². The lowest BCUT2D eigenvalue weighted by molar-refractivity contribution is -0.120. The van der Waals surface area contributed by atoms with Crippen molar-refractivity contribution >= 4 is 17.3 Å². The fourth-order valence-electron chi connectivity index (χ4n) is 1.00. The van der Waals surface area contributed by atoms with Crippen LogP contribution in [0.4, 0.5) is 0 Å². The molecule has 3 heteroatoms. The number of carbonyl (C=O) groups excluding carboxylic acids is 3. The van der Waals surface area contributed by atoms with Gasteiger partial charge >= 0.3 is 0 Å². The van der Waals surface area contributed by atoms with E-state index in [4.69, 9.17) is 0 Å². The van der Waals surface area contributed by atoms with E-state index < -0.39 is 0 Å². The molecular formula is C17H34O3. The lowest BCUT2D eigenvalue weighted by atomic mass is 10.1. The summed E-state index contributed by atoms with van der Waals surface area (Å²) in [5, 5.41) is 0. The van der Waals surface area contributed by atoms with E-state index in [-0.39, 0.29) is 17.5 Å². The molecule has 0 amide bonds. The molecule has 0 rings (SSSR count). The molecule has 0 radical (unpaired) electrons. The molecule has 0 atom stereocenters. The van der Waals surface area contributed by atoms with Gasteiger partial charge < -0.3 is 9.59 Å². The molecule has 0 unspecified atom stereocenters. The average Bonchev–Trinajstić information content (AvgIpc) is 2.25. The van der Waals surface area contributed by atoms with Gasteiger partial charge in [-0.1, -0.05) is 41.0 Å². The standard InChI is InChI=1S/2C6H12O.C5H10O/c1-5(2)4-6(3)7;1-3-4-5-6(2)7;1-4(2)5(3)6/h5H,4H2,1-3H3;3-5H2,1-2H3;4H,1-3H3. The number of hydrogen-bond donors (Lipinski definition) is 0. The van der Waals surface area contributed by atoms with Crippen molar-refractivity contribution in [2.45, 2.75) is 81.1 Å². The summed E-state index contributed by atoms with van der Waals surface area (Å²) in [6.45, 7) is 14.8. The molecule has 0 fully saturated rings. The largest absolute Gasteiger partial charge is 0.300 e. The highest BCUT2D eigenvalue weighted by molar-refractivity contribution is 5.77. The van der Waals surface area contributed by atoms with Crippen LogP contribution in [0, 0.1) is 11.8 Å². The summed E-state index contributed by atoms with van der Waals surface area (Å²) >= 11 is 0. The van der Waals surface area contributed by atoms with Crippen LogP contribution in [0.1, 0.15) is 81.1 Å². The van der Waals surface area contributed by atoms with Gasteiger partial charge in [-0.05, 0) is 33.1 Å². The Balaban J connectivity index is -0.000000218. The first-order valence-corrected chi connectivity index (χ1v) is 7.53. The number of Topliss-reactive ketones (excluding diaryl/α,β-unsaturated/α-hetero) is 3. The summed E-state index contributed by atoms with van der Waals surface area (Å²) in [5.74, 6) is 1.59. The second-order valence-electron chi connectivity index (χ2n) is 5.87. The Morgan fingerprint density at radius 3 is 1.30 bits per heavy atom. The molecule has 0 aromatic heterocycles. The molecule has 0 saturated carbocycles. The van der Waals surface area contributed by atoms with Crippen molar-refractivity contribution < 1.29 is 14.4 Å². The zero-order chi connectivity index (χ0) is 16.7. The van der Waals surface area contributed by atoms with Crippen molar-refractivity contribution in [1.29, 1.82) is 0 Å². The van der Waals surface area contributed by atoms with Crippen LogP contribution in [0.3, 0.4) is 0 Å². The Morgan fingerprint density at radius 1 is 0.850 bits per heavy atom. The van der Waals surface area contributed by atoms with Crippen LogP contribution in [0.2, 0.25) is 0 Å². The zero-order valence-corrected chi connectivity index (χ0v) is 14.7. The van der Waals surface area contributed by atoms with Crippen LogP contribution in [-0.2, 0) is 14.4 Å². The van der Waals surface area contributed by atoms with Crippen molar-refractivity contribution in [2.75, 3.05) is 0 Å². The zero-order valence-electron chi connectivity index (χ0n) is 14.7. The average molecular weight is 286 g/mol. The second-order valence-corrected chi connectivity index (χ2v) is 5.87. The van der Waals surface area contributed by atoms with E-state index in [0.29, 0.717) is 11.7 Å². The maximum absolute atomic E-state index is 10.3. The lowest BCUT2D eigenvalue weighted by Crippen LogP contribution is -1.98. The summed E-state index contributed by atoms with van der Waals surface area (Å²) in [7, 11) is 0. The van der Waals surface area contributed by atoms with Crippen molar-refractivity contribution in [3.05, 3.63) is 0 Å². The molecule has 0 saturated heterocycles. The van der Waals surface area contributed by atoms with Crippen LogP contribution < -0.4 is 0 Å². The maximum Gasteiger partial charge on any atom is 0.132 e. The molecule has 0 aliphatic rings. The SMILES string of the molecule is CC(=O)C(C)C.CC(=O)CC(C)C.CCCCC(C)=O. The van der Waals surface area contributed by atoms with E-state index in [1.54, 1.807) is 20.8 Å². The van der Waals surface area contributed by atoms with Gasteiger partial charge in [-0.15, -0.1) is 0 Å². The third-order valence-electron chi connectivity index (χ3n) is 2.39.